The normalized spacial score (nSPS) is 11.9. The molecule has 0 amide bonds. The number of sulfonamides is 1. The predicted molar refractivity (Wildman–Crippen MR) is 97.6 cm³/mol. The SMILES string of the molecule is CCOC(=O)/C(=C\NS(=O)(=O)c1ccc(C)cc1)c1ccc(Cl)cc1. The number of hydrogen-bond donors (Lipinski definition) is 1. The van der Waals surface area contributed by atoms with Gasteiger partial charge in [-0.25, -0.2) is 13.2 Å². The van der Waals surface area contributed by atoms with E-state index in [1.807, 2.05) is 6.92 Å². The van der Waals surface area contributed by atoms with Crippen molar-refractivity contribution >= 4 is 33.2 Å². The summed E-state index contributed by atoms with van der Waals surface area (Å²) >= 11 is 5.85. The number of benzene rings is 2. The zero-order valence-corrected chi connectivity index (χ0v) is 15.4. The third kappa shape index (κ3) is 5.08. The van der Waals surface area contributed by atoms with Crippen LogP contribution in [0.25, 0.3) is 5.57 Å². The van der Waals surface area contributed by atoms with Gasteiger partial charge in [-0.2, -0.15) is 0 Å². The van der Waals surface area contributed by atoms with E-state index < -0.39 is 16.0 Å². The van der Waals surface area contributed by atoms with E-state index in [0.29, 0.717) is 10.6 Å². The highest BCUT2D eigenvalue weighted by molar-refractivity contribution is 7.89. The lowest BCUT2D eigenvalue weighted by molar-refractivity contribution is -0.136. The van der Waals surface area contributed by atoms with Crippen LogP contribution in [-0.2, 0) is 19.6 Å². The molecular formula is C18H18ClNO4S. The second-order valence-corrected chi connectivity index (χ2v) is 7.37. The van der Waals surface area contributed by atoms with Gasteiger partial charge in [0.2, 0.25) is 0 Å². The van der Waals surface area contributed by atoms with Crippen LogP contribution in [0.4, 0.5) is 0 Å². The van der Waals surface area contributed by atoms with Gasteiger partial charge in [-0.15, -0.1) is 0 Å². The molecule has 2 rings (SSSR count). The maximum Gasteiger partial charge on any atom is 0.340 e. The van der Waals surface area contributed by atoms with Gasteiger partial charge in [0.1, 0.15) is 0 Å². The first-order chi connectivity index (χ1) is 11.8. The fourth-order valence-electron chi connectivity index (χ4n) is 2.02. The summed E-state index contributed by atoms with van der Waals surface area (Å²) in [5.74, 6) is -0.628. The molecule has 2 aromatic carbocycles. The van der Waals surface area contributed by atoms with E-state index in [9.17, 15) is 13.2 Å². The van der Waals surface area contributed by atoms with Crippen molar-refractivity contribution in [3.8, 4) is 0 Å². The van der Waals surface area contributed by atoms with Gasteiger partial charge >= 0.3 is 5.97 Å². The van der Waals surface area contributed by atoms with Crippen molar-refractivity contribution < 1.29 is 17.9 Å². The molecule has 0 aliphatic carbocycles. The lowest BCUT2D eigenvalue weighted by Gasteiger charge is -2.09. The van der Waals surface area contributed by atoms with Crippen molar-refractivity contribution in [2.45, 2.75) is 18.7 Å². The molecule has 0 fully saturated rings. The first-order valence-corrected chi connectivity index (χ1v) is 9.42. The summed E-state index contributed by atoms with van der Waals surface area (Å²) in [6, 6.07) is 12.8. The number of halogens is 1. The van der Waals surface area contributed by atoms with Gasteiger partial charge in [-0.05, 0) is 43.7 Å². The van der Waals surface area contributed by atoms with E-state index in [0.717, 1.165) is 11.8 Å². The number of aryl methyl sites for hydroxylation is 1. The minimum absolute atomic E-state index is 0.0919. The van der Waals surface area contributed by atoms with Crippen molar-refractivity contribution in [1.82, 2.24) is 4.72 Å². The van der Waals surface area contributed by atoms with Gasteiger partial charge in [0.15, 0.2) is 0 Å². The lowest BCUT2D eigenvalue weighted by atomic mass is 10.1. The highest BCUT2D eigenvalue weighted by atomic mass is 35.5. The molecule has 0 aliphatic heterocycles. The standard InChI is InChI=1S/C18H18ClNO4S/c1-3-24-18(21)17(14-6-8-15(19)9-7-14)12-20-25(22,23)16-10-4-13(2)5-11-16/h4-12,20H,3H2,1-2H3/b17-12-. The Kier molecular flexibility index (Phi) is 6.22. The molecule has 0 aromatic heterocycles. The van der Waals surface area contributed by atoms with Crippen LogP contribution in [0, 0.1) is 6.92 Å². The predicted octanol–water partition coefficient (Wildman–Crippen LogP) is 3.53. The number of esters is 1. The fraction of sp³-hybridized carbons (Fsp3) is 0.167. The van der Waals surface area contributed by atoms with Crippen LogP contribution in [0.2, 0.25) is 5.02 Å². The van der Waals surface area contributed by atoms with Gasteiger partial charge in [0.25, 0.3) is 10.0 Å². The Bertz CT molecular complexity index is 872. The summed E-state index contributed by atoms with van der Waals surface area (Å²) in [6.45, 7) is 3.71. The molecular weight excluding hydrogens is 362 g/mol. The molecule has 0 heterocycles. The number of carbonyl (C=O) groups is 1. The van der Waals surface area contributed by atoms with Crippen LogP contribution in [-0.4, -0.2) is 21.0 Å². The third-order valence-electron chi connectivity index (χ3n) is 3.34. The van der Waals surface area contributed by atoms with E-state index >= 15 is 0 Å². The molecule has 7 heteroatoms. The third-order valence-corrected chi connectivity index (χ3v) is 4.91. The molecule has 0 bridgehead atoms. The zero-order valence-electron chi connectivity index (χ0n) is 13.8. The topological polar surface area (TPSA) is 72.5 Å². The summed E-state index contributed by atoms with van der Waals surface area (Å²) in [7, 11) is -3.80. The molecule has 1 N–H and O–H groups in total. The smallest absolute Gasteiger partial charge is 0.340 e. The maximum atomic E-state index is 12.4. The molecule has 0 aliphatic rings. The lowest BCUT2D eigenvalue weighted by Crippen LogP contribution is -2.20. The number of carbonyl (C=O) groups excluding carboxylic acids is 1. The Hall–Kier alpha value is -2.31. The van der Waals surface area contributed by atoms with Crippen LogP contribution in [0.15, 0.2) is 59.6 Å². The second-order valence-electron chi connectivity index (χ2n) is 5.22. The number of nitrogens with one attached hydrogen (secondary N) is 1. The summed E-state index contributed by atoms with van der Waals surface area (Å²) in [6.07, 6.45) is 1.14. The van der Waals surface area contributed by atoms with E-state index in [1.165, 1.54) is 12.1 Å². The molecule has 5 nitrogen and oxygen atoms in total. The van der Waals surface area contributed by atoms with E-state index in [4.69, 9.17) is 16.3 Å². The van der Waals surface area contributed by atoms with Gasteiger partial charge in [0, 0.05) is 11.2 Å². The molecule has 0 atom stereocenters. The molecule has 0 saturated heterocycles. The van der Waals surface area contributed by atoms with Gasteiger partial charge in [-0.1, -0.05) is 41.4 Å². The van der Waals surface area contributed by atoms with Crippen LogP contribution in [0.5, 0.6) is 0 Å². The van der Waals surface area contributed by atoms with Crippen LogP contribution in [0.1, 0.15) is 18.1 Å². The summed E-state index contributed by atoms with van der Waals surface area (Å²) in [5, 5.41) is 0.507. The van der Waals surface area contributed by atoms with Gasteiger partial charge in [-0.3, -0.25) is 4.72 Å². The molecule has 0 saturated carbocycles. The van der Waals surface area contributed by atoms with E-state index in [1.54, 1.807) is 43.3 Å². The maximum absolute atomic E-state index is 12.4. The highest BCUT2D eigenvalue weighted by Crippen LogP contribution is 2.19. The Labute approximate surface area is 152 Å². The highest BCUT2D eigenvalue weighted by Gasteiger charge is 2.17. The Morgan fingerprint density at radius 2 is 1.72 bits per heavy atom. The Morgan fingerprint density at radius 3 is 2.28 bits per heavy atom. The molecule has 0 spiro atoms. The Morgan fingerprint density at radius 1 is 1.12 bits per heavy atom. The van der Waals surface area contributed by atoms with Crippen molar-refractivity contribution in [2.75, 3.05) is 6.61 Å². The first kappa shape index (κ1) is 19.0. The molecule has 0 radical (unpaired) electrons. The summed E-state index contributed by atoms with van der Waals surface area (Å²) in [5.41, 5.74) is 1.53. The van der Waals surface area contributed by atoms with Gasteiger partial charge in [0.05, 0.1) is 17.1 Å². The van der Waals surface area contributed by atoms with Crippen LogP contribution < -0.4 is 4.72 Å². The van der Waals surface area contributed by atoms with Gasteiger partial charge < -0.3 is 4.74 Å². The minimum Gasteiger partial charge on any atom is -0.462 e. The zero-order chi connectivity index (χ0) is 18.4. The quantitative estimate of drug-likeness (QED) is 0.615. The monoisotopic (exact) mass is 379 g/mol. The van der Waals surface area contributed by atoms with Crippen molar-refractivity contribution in [2.24, 2.45) is 0 Å². The average molecular weight is 380 g/mol. The number of hydrogen-bond acceptors (Lipinski definition) is 4. The first-order valence-electron chi connectivity index (χ1n) is 7.55. The van der Waals surface area contributed by atoms with Crippen molar-refractivity contribution in [3.63, 3.8) is 0 Å². The molecule has 25 heavy (non-hydrogen) atoms. The molecule has 132 valence electrons. The van der Waals surface area contributed by atoms with Crippen LogP contribution in [0.3, 0.4) is 0 Å². The number of ether oxygens (including phenoxy) is 1. The second kappa shape index (κ2) is 8.18. The van der Waals surface area contributed by atoms with E-state index in [2.05, 4.69) is 4.72 Å². The van der Waals surface area contributed by atoms with Crippen molar-refractivity contribution in [1.29, 1.82) is 0 Å². The van der Waals surface area contributed by atoms with Crippen LogP contribution >= 0.6 is 11.6 Å². The van der Waals surface area contributed by atoms with Crippen molar-refractivity contribution in [3.05, 3.63) is 70.9 Å². The minimum atomic E-state index is -3.80. The summed E-state index contributed by atoms with van der Waals surface area (Å²) < 4.78 is 32.1. The largest absolute Gasteiger partial charge is 0.462 e. The number of rotatable bonds is 6. The fourth-order valence-corrected chi connectivity index (χ4v) is 3.05. The Balaban J connectivity index is 2.35. The average Bonchev–Trinajstić information content (AvgIpc) is 2.57. The molecule has 2 aromatic rings. The summed E-state index contributed by atoms with van der Waals surface area (Å²) in [4.78, 5) is 12.3. The molecule has 0 unspecified atom stereocenters. The van der Waals surface area contributed by atoms with E-state index in [-0.39, 0.29) is 17.1 Å².